The summed E-state index contributed by atoms with van der Waals surface area (Å²) in [6, 6.07) is 49.4. The number of fused-ring (bicyclic) bond motifs is 13. The third-order valence-corrected chi connectivity index (χ3v) is 10.7. The van der Waals surface area contributed by atoms with Crippen molar-refractivity contribution in [1.82, 2.24) is 14.5 Å². The lowest BCUT2D eigenvalue weighted by Crippen LogP contribution is -2.02. The van der Waals surface area contributed by atoms with Gasteiger partial charge in [-0.15, -0.1) is 11.3 Å². The van der Waals surface area contributed by atoms with E-state index in [9.17, 15) is 0 Å². The molecule has 4 aromatic heterocycles. The van der Waals surface area contributed by atoms with Crippen molar-refractivity contribution in [3.63, 3.8) is 0 Å². The normalized spacial score (nSPS) is 12.3. The monoisotopic (exact) mass is 617 g/mol. The van der Waals surface area contributed by atoms with E-state index in [2.05, 4.69) is 132 Å². The van der Waals surface area contributed by atoms with E-state index in [4.69, 9.17) is 14.4 Å². The predicted molar refractivity (Wildman–Crippen MR) is 197 cm³/mol. The topological polar surface area (TPSA) is 43.9 Å². The van der Waals surface area contributed by atoms with E-state index >= 15 is 0 Å². The van der Waals surface area contributed by atoms with Crippen LogP contribution in [0.15, 0.2) is 144 Å². The molecular formula is C42H23N3OS. The smallest absolute Gasteiger partial charge is 0.236 e. The summed E-state index contributed by atoms with van der Waals surface area (Å²) in [5, 5.41) is 11.8. The van der Waals surface area contributed by atoms with E-state index in [1.165, 1.54) is 37.0 Å². The van der Waals surface area contributed by atoms with Gasteiger partial charge in [0.1, 0.15) is 16.0 Å². The molecule has 4 nitrogen and oxygen atoms in total. The predicted octanol–water partition coefficient (Wildman–Crippen LogP) is 11.8. The maximum atomic E-state index is 6.35. The number of benzene rings is 7. The molecule has 0 aliphatic rings. The Labute approximate surface area is 271 Å². The quantitative estimate of drug-likeness (QED) is 0.194. The fourth-order valence-corrected chi connectivity index (χ4v) is 8.63. The molecule has 0 saturated carbocycles. The second kappa shape index (κ2) is 9.25. The zero-order valence-electron chi connectivity index (χ0n) is 24.9. The van der Waals surface area contributed by atoms with Gasteiger partial charge in [-0.3, -0.25) is 4.57 Å². The summed E-state index contributed by atoms with van der Waals surface area (Å²) in [4.78, 5) is 11.8. The van der Waals surface area contributed by atoms with Crippen LogP contribution in [0.1, 0.15) is 0 Å². The van der Waals surface area contributed by atoms with Crippen LogP contribution in [-0.4, -0.2) is 14.5 Å². The molecular weight excluding hydrogens is 595 g/mol. The van der Waals surface area contributed by atoms with E-state index in [1.807, 2.05) is 12.1 Å². The molecule has 4 heterocycles. The van der Waals surface area contributed by atoms with Gasteiger partial charge in [-0.05, 0) is 57.9 Å². The molecule has 0 N–H and O–H groups in total. The number of furan rings is 1. The minimum atomic E-state index is 0.661. The Bertz CT molecular complexity index is 3000. The standard InChI is InChI=1S/C42H23N3OS/c1-3-11-27-24(9-1)18-21-32-37(27)38-28-12-4-2-10-25(28)19-22-33(38)45(32)42-43-40(39-31-14-6-8-16-36(31)47-41(39)44-42)26-17-20-30-29-13-5-7-15-34(29)46-35(30)23-26/h1-23H. The van der Waals surface area contributed by atoms with Gasteiger partial charge in [0.25, 0.3) is 0 Å². The van der Waals surface area contributed by atoms with Crippen LogP contribution in [0.5, 0.6) is 0 Å². The Morgan fingerprint density at radius 2 is 1.11 bits per heavy atom. The lowest BCUT2D eigenvalue weighted by molar-refractivity contribution is 0.669. The van der Waals surface area contributed by atoms with Gasteiger partial charge in [0.05, 0.1) is 16.7 Å². The maximum absolute atomic E-state index is 6.35. The summed E-state index contributed by atoms with van der Waals surface area (Å²) in [5.41, 5.74) is 5.83. The number of aromatic nitrogens is 3. The summed E-state index contributed by atoms with van der Waals surface area (Å²) in [6.07, 6.45) is 0. The van der Waals surface area contributed by atoms with Gasteiger partial charge in [-0.25, -0.2) is 9.97 Å². The van der Waals surface area contributed by atoms with E-state index < -0.39 is 0 Å². The molecule has 0 atom stereocenters. The Morgan fingerprint density at radius 1 is 0.489 bits per heavy atom. The van der Waals surface area contributed by atoms with Crippen LogP contribution < -0.4 is 0 Å². The molecule has 0 bridgehead atoms. The van der Waals surface area contributed by atoms with Crippen molar-refractivity contribution in [3.8, 4) is 17.2 Å². The third kappa shape index (κ3) is 3.46. The van der Waals surface area contributed by atoms with Crippen molar-refractivity contribution < 1.29 is 4.42 Å². The van der Waals surface area contributed by atoms with Crippen molar-refractivity contribution in [2.75, 3.05) is 0 Å². The second-order valence-corrected chi connectivity index (χ2v) is 13.2. The number of thiophene rings is 1. The van der Waals surface area contributed by atoms with Crippen LogP contribution >= 0.6 is 11.3 Å². The molecule has 0 radical (unpaired) electrons. The zero-order valence-corrected chi connectivity index (χ0v) is 25.8. The maximum Gasteiger partial charge on any atom is 0.236 e. The Morgan fingerprint density at radius 3 is 1.85 bits per heavy atom. The minimum absolute atomic E-state index is 0.661. The number of nitrogens with zero attached hydrogens (tertiary/aromatic N) is 3. The van der Waals surface area contributed by atoms with Gasteiger partial charge in [-0.2, -0.15) is 0 Å². The van der Waals surface area contributed by atoms with Crippen molar-refractivity contribution in [1.29, 1.82) is 0 Å². The number of para-hydroxylation sites is 1. The van der Waals surface area contributed by atoms with E-state index in [0.717, 1.165) is 59.8 Å². The first-order valence-electron chi connectivity index (χ1n) is 15.8. The average Bonchev–Trinajstić information content (AvgIpc) is 3.80. The number of hydrogen-bond donors (Lipinski definition) is 0. The van der Waals surface area contributed by atoms with E-state index in [1.54, 1.807) is 11.3 Å². The molecule has 47 heavy (non-hydrogen) atoms. The Kier molecular flexibility index (Phi) is 4.96. The third-order valence-electron chi connectivity index (χ3n) is 9.63. The Hall–Kier alpha value is -6.04. The van der Waals surface area contributed by atoms with Crippen LogP contribution in [0, 0.1) is 0 Å². The summed E-state index contributed by atoms with van der Waals surface area (Å²) >= 11 is 1.72. The highest BCUT2D eigenvalue weighted by atomic mass is 32.1. The number of rotatable bonds is 2. The lowest BCUT2D eigenvalue weighted by Gasteiger charge is -2.11. The summed E-state index contributed by atoms with van der Waals surface area (Å²) in [6.45, 7) is 0. The van der Waals surface area contributed by atoms with Crippen molar-refractivity contribution in [3.05, 3.63) is 140 Å². The molecule has 0 aliphatic heterocycles. The second-order valence-electron chi connectivity index (χ2n) is 12.2. The fraction of sp³-hybridized carbons (Fsp3) is 0. The molecule has 0 unspecified atom stereocenters. The van der Waals surface area contributed by atoms with Crippen molar-refractivity contribution >= 4 is 96.9 Å². The molecule has 11 aromatic rings. The first-order valence-corrected chi connectivity index (χ1v) is 16.6. The summed E-state index contributed by atoms with van der Waals surface area (Å²) in [5.74, 6) is 0.661. The van der Waals surface area contributed by atoms with Crippen LogP contribution in [0.25, 0.3) is 103 Å². The van der Waals surface area contributed by atoms with Crippen LogP contribution in [0.3, 0.4) is 0 Å². The molecule has 7 aromatic carbocycles. The molecule has 218 valence electrons. The summed E-state index contributed by atoms with van der Waals surface area (Å²) < 4.78 is 9.80. The molecule has 11 rings (SSSR count). The van der Waals surface area contributed by atoms with Crippen molar-refractivity contribution in [2.45, 2.75) is 0 Å². The van der Waals surface area contributed by atoms with Gasteiger partial charge in [-0.1, -0.05) is 103 Å². The zero-order chi connectivity index (χ0) is 30.6. The number of hydrogen-bond acceptors (Lipinski definition) is 4. The van der Waals surface area contributed by atoms with Crippen LogP contribution in [-0.2, 0) is 0 Å². The minimum Gasteiger partial charge on any atom is -0.456 e. The van der Waals surface area contributed by atoms with Gasteiger partial charge >= 0.3 is 0 Å². The van der Waals surface area contributed by atoms with Gasteiger partial charge in [0, 0.05) is 42.6 Å². The first-order chi connectivity index (χ1) is 23.3. The molecule has 0 fully saturated rings. The van der Waals surface area contributed by atoms with Gasteiger partial charge in [0.2, 0.25) is 5.95 Å². The highest BCUT2D eigenvalue weighted by molar-refractivity contribution is 7.25. The SMILES string of the molecule is c1ccc2c(c1)ccc1c2c2c3ccccc3ccc2n1-c1nc(-c2ccc3c(c2)oc2ccccc23)c2c(n1)sc1ccccc12. The van der Waals surface area contributed by atoms with Crippen molar-refractivity contribution in [2.24, 2.45) is 0 Å². The highest BCUT2D eigenvalue weighted by Crippen LogP contribution is 2.43. The van der Waals surface area contributed by atoms with Crippen LogP contribution in [0.4, 0.5) is 0 Å². The summed E-state index contributed by atoms with van der Waals surface area (Å²) in [7, 11) is 0. The Balaban J connectivity index is 1.29. The first kappa shape index (κ1) is 25.2. The van der Waals surface area contributed by atoms with E-state index in [0.29, 0.717) is 5.95 Å². The molecule has 5 heteroatoms. The van der Waals surface area contributed by atoms with Gasteiger partial charge < -0.3 is 4.42 Å². The molecule has 0 aliphatic carbocycles. The fourth-order valence-electron chi connectivity index (χ4n) is 7.56. The average molecular weight is 618 g/mol. The van der Waals surface area contributed by atoms with Crippen LogP contribution in [0.2, 0.25) is 0 Å². The highest BCUT2D eigenvalue weighted by Gasteiger charge is 2.22. The molecule has 0 spiro atoms. The van der Waals surface area contributed by atoms with Gasteiger partial charge in [0.15, 0.2) is 0 Å². The van der Waals surface area contributed by atoms with E-state index in [-0.39, 0.29) is 0 Å². The molecule has 0 saturated heterocycles. The largest absolute Gasteiger partial charge is 0.456 e. The molecule has 0 amide bonds. The lowest BCUT2D eigenvalue weighted by atomic mass is 10.00.